The van der Waals surface area contributed by atoms with E-state index in [4.69, 9.17) is 0 Å². The Morgan fingerprint density at radius 1 is 0.724 bits per heavy atom. The summed E-state index contributed by atoms with van der Waals surface area (Å²) in [5, 5.41) is 0. The van der Waals surface area contributed by atoms with Crippen molar-refractivity contribution in [1.82, 2.24) is 0 Å². The Kier molecular flexibility index (Phi) is 3.48. The second-order valence-corrected chi connectivity index (χ2v) is 7.64. The molecule has 3 aromatic carbocycles. The van der Waals surface area contributed by atoms with Crippen LogP contribution in [0.5, 0.6) is 0 Å². The van der Waals surface area contributed by atoms with Gasteiger partial charge in [-0.15, -0.1) is 0 Å². The summed E-state index contributed by atoms with van der Waals surface area (Å²) in [6.45, 7) is 0. The summed E-state index contributed by atoms with van der Waals surface area (Å²) >= 11 is 0. The summed E-state index contributed by atoms with van der Waals surface area (Å²) in [7, 11) is 0. The number of allylic oxidation sites excluding steroid dienone is 5. The molecule has 2 aliphatic heterocycles. The van der Waals surface area contributed by atoms with Crippen LogP contribution in [0.4, 0.5) is 11.4 Å². The molecule has 2 heteroatoms. The molecule has 0 saturated heterocycles. The van der Waals surface area contributed by atoms with Gasteiger partial charge in [0, 0.05) is 28.8 Å². The lowest BCUT2D eigenvalue weighted by molar-refractivity contribution is -0.114. The molecule has 138 valence electrons. The van der Waals surface area contributed by atoms with Crippen LogP contribution in [0.1, 0.15) is 17.5 Å². The number of carbonyl (C=O) groups is 1. The van der Waals surface area contributed by atoms with Gasteiger partial charge in [0.25, 0.3) is 0 Å². The molecule has 29 heavy (non-hydrogen) atoms. The average Bonchev–Trinajstić information content (AvgIpc) is 3.09. The van der Waals surface area contributed by atoms with Crippen molar-refractivity contribution in [1.29, 1.82) is 0 Å². The predicted molar refractivity (Wildman–Crippen MR) is 118 cm³/mol. The highest BCUT2D eigenvalue weighted by molar-refractivity contribution is 6.11. The molecule has 1 aliphatic carbocycles. The quantitative estimate of drug-likeness (QED) is 0.466. The molecule has 0 aromatic heterocycles. The number of Topliss-reactive ketones (excluding diaryl/α,β-unsaturated/α-hetero) is 1. The third-order valence-corrected chi connectivity index (χ3v) is 6.01. The third kappa shape index (κ3) is 2.32. The van der Waals surface area contributed by atoms with Crippen LogP contribution in [0.15, 0.2) is 102 Å². The second kappa shape index (κ2) is 6.18. The smallest absolute Gasteiger partial charge is 0.169 e. The minimum absolute atomic E-state index is 0.177. The van der Waals surface area contributed by atoms with Gasteiger partial charge in [0.15, 0.2) is 5.78 Å². The molecule has 3 aliphatic rings. The van der Waals surface area contributed by atoms with Crippen molar-refractivity contribution < 1.29 is 4.79 Å². The Bertz CT molecular complexity index is 1270. The molecule has 0 radical (unpaired) electrons. The van der Waals surface area contributed by atoms with Crippen LogP contribution in [0, 0.1) is 0 Å². The molecule has 0 N–H and O–H groups in total. The first-order valence-electron chi connectivity index (χ1n) is 10.0. The molecule has 0 bridgehead atoms. The molecule has 3 aromatic rings. The van der Waals surface area contributed by atoms with E-state index >= 15 is 0 Å². The zero-order valence-electron chi connectivity index (χ0n) is 15.9. The number of rotatable bonds is 0. The molecular formula is C27H19NO. The molecule has 0 unspecified atom stereocenters. The highest BCUT2D eigenvalue weighted by atomic mass is 16.1. The van der Waals surface area contributed by atoms with E-state index in [1.54, 1.807) is 0 Å². The van der Waals surface area contributed by atoms with E-state index in [2.05, 4.69) is 83.8 Å². The van der Waals surface area contributed by atoms with E-state index in [1.807, 2.05) is 12.1 Å². The van der Waals surface area contributed by atoms with Crippen molar-refractivity contribution in [3.63, 3.8) is 0 Å². The summed E-state index contributed by atoms with van der Waals surface area (Å²) in [5.41, 5.74) is 9.81. The normalized spacial score (nSPS) is 16.6. The van der Waals surface area contributed by atoms with Crippen molar-refractivity contribution in [3.8, 4) is 11.1 Å². The third-order valence-electron chi connectivity index (χ3n) is 6.01. The van der Waals surface area contributed by atoms with E-state index in [-0.39, 0.29) is 5.78 Å². The molecule has 6 rings (SSSR count). The molecule has 2 heterocycles. The largest absolute Gasteiger partial charge is 0.308 e. The number of para-hydroxylation sites is 2. The number of hydrogen-bond donors (Lipinski definition) is 0. The van der Waals surface area contributed by atoms with Gasteiger partial charge in [0.05, 0.1) is 11.4 Å². The fourth-order valence-corrected chi connectivity index (χ4v) is 4.76. The van der Waals surface area contributed by atoms with Crippen LogP contribution in [0.25, 0.3) is 16.7 Å². The maximum Gasteiger partial charge on any atom is 0.169 e. The zero-order chi connectivity index (χ0) is 19.4. The SMILES string of the molecule is O=C1Cc2ccccc2N2C3=C1C=CCC=C3c1ccccc1-c1ccccc12. The number of anilines is 2. The molecule has 0 fully saturated rings. The predicted octanol–water partition coefficient (Wildman–Crippen LogP) is 6.23. The highest BCUT2D eigenvalue weighted by Crippen LogP contribution is 2.50. The molecule has 0 atom stereocenters. The minimum atomic E-state index is 0.177. The van der Waals surface area contributed by atoms with Crippen LogP contribution in [0.3, 0.4) is 0 Å². The van der Waals surface area contributed by atoms with Crippen LogP contribution < -0.4 is 4.90 Å². The first kappa shape index (κ1) is 16.3. The number of fused-ring (bicyclic) bond motifs is 7. The average molecular weight is 373 g/mol. The maximum atomic E-state index is 13.4. The highest BCUT2D eigenvalue weighted by Gasteiger charge is 2.34. The van der Waals surface area contributed by atoms with Crippen molar-refractivity contribution in [2.24, 2.45) is 0 Å². The minimum Gasteiger partial charge on any atom is -0.308 e. The van der Waals surface area contributed by atoms with E-state index in [0.29, 0.717) is 6.42 Å². The Balaban J connectivity index is 1.82. The summed E-state index contributed by atoms with van der Waals surface area (Å²) < 4.78 is 0. The number of nitrogens with zero attached hydrogens (tertiary/aromatic N) is 1. The number of ketones is 1. The van der Waals surface area contributed by atoms with E-state index in [0.717, 1.165) is 40.2 Å². The monoisotopic (exact) mass is 373 g/mol. The van der Waals surface area contributed by atoms with Crippen LogP contribution >= 0.6 is 0 Å². The summed E-state index contributed by atoms with van der Waals surface area (Å²) in [5.74, 6) is 0.177. The fraction of sp³-hybridized carbons (Fsp3) is 0.0741. The van der Waals surface area contributed by atoms with Gasteiger partial charge in [-0.3, -0.25) is 4.79 Å². The lowest BCUT2D eigenvalue weighted by Crippen LogP contribution is -2.19. The van der Waals surface area contributed by atoms with Gasteiger partial charge in [0.2, 0.25) is 0 Å². The van der Waals surface area contributed by atoms with Crippen molar-refractivity contribution in [2.75, 3.05) is 4.90 Å². The maximum absolute atomic E-state index is 13.4. The molecular weight excluding hydrogens is 354 g/mol. The Morgan fingerprint density at radius 2 is 1.41 bits per heavy atom. The molecule has 2 nitrogen and oxygen atoms in total. The number of benzene rings is 3. The summed E-state index contributed by atoms with van der Waals surface area (Å²) in [4.78, 5) is 15.7. The van der Waals surface area contributed by atoms with Crippen molar-refractivity contribution in [2.45, 2.75) is 12.8 Å². The van der Waals surface area contributed by atoms with Gasteiger partial charge in [0.1, 0.15) is 0 Å². The van der Waals surface area contributed by atoms with Gasteiger partial charge in [-0.25, -0.2) is 0 Å². The molecule has 0 amide bonds. The van der Waals surface area contributed by atoms with Gasteiger partial charge in [-0.1, -0.05) is 78.9 Å². The summed E-state index contributed by atoms with van der Waals surface area (Å²) in [6.07, 6.45) is 7.63. The standard InChI is InChI=1S/C27H19NO/c29-26-17-18-9-1-7-15-24(18)28-25-16-8-6-12-21(25)19-10-2-3-11-20(19)22-13-4-5-14-23(26)27(22)28/h1-3,5-16H,4,17H2. The molecule has 0 spiro atoms. The van der Waals surface area contributed by atoms with Crippen LogP contribution in [0.2, 0.25) is 0 Å². The summed E-state index contributed by atoms with van der Waals surface area (Å²) in [6, 6.07) is 25.4. The lowest BCUT2D eigenvalue weighted by atomic mass is 9.92. The molecule has 0 saturated carbocycles. The Hall–Kier alpha value is -3.65. The van der Waals surface area contributed by atoms with Gasteiger partial charge in [-0.05, 0) is 35.2 Å². The Morgan fingerprint density at radius 3 is 2.28 bits per heavy atom. The first-order valence-corrected chi connectivity index (χ1v) is 10.0. The first-order chi connectivity index (χ1) is 14.3. The van der Waals surface area contributed by atoms with Crippen molar-refractivity contribution in [3.05, 3.63) is 113 Å². The number of carbonyl (C=O) groups excluding carboxylic acids is 1. The van der Waals surface area contributed by atoms with Gasteiger partial charge < -0.3 is 4.90 Å². The van der Waals surface area contributed by atoms with Gasteiger partial charge >= 0.3 is 0 Å². The van der Waals surface area contributed by atoms with E-state index < -0.39 is 0 Å². The zero-order valence-corrected chi connectivity index (χ0v) is 15.9. The number of hydrogen-bond acceptors (Lipinski definition) is 2. The van der Waals surface area contributed by atoms with Crippen LogP contribution in [-0.4, -0.2) is 5.78 Å². The van der Waals surface area contributed by atoms with E-state index in [1.165, 1.54) is 16.7 Å². The van der Waals surface area contributed by atoms with Crippen LogP contribution in [-0.2, 0) is 11.2 Å². The Labute approximate surface area is 170 Å². The fourth-order valence-electron chi connectivity index (χ4n) is 4.76. The lowest BCUT2D eigenvalue weighted by Gasteiger charge is -2.29. The van der Waals surface area contributed by atoms with Crippen molar-refractivity contribution >= 4 is 22.7 Å². The second-order valence-electron chi connectivity index (χ2n) is 7.64. The van der Waals surface area contributed by atoms with E-state index in [9.17, 15) is 4.79 Å². The topological polar surface area (TPSA) is 20.3 Å². The van der Waals surface area contributed by atoms with Gasteiger partial charge in [-0.2, -0.15) is 0 Å².